The molecule has 0 saturated carbocycles. The van der Waals surface area contributed by atoms with E-state index in [2.05, 4.69) is 4.98 Å². The third-order valence-electron chi connectivity index (χ3n) is 2.03. The maximum absolute atomic E-state index is 10.7. The number of aromatic amines is 1. The van der Waals surface area contributed by atoms with Gasteiger partial charge in [0, 0.05) is 18.3 Å². The molecule has 4 heteroatoms. The zero-order valence-corrected chi connectivity index (χ0v) is 7.53. The Morgan fingerprint density at radius 2 is 2.31 bits per heavy atom. The summed E-state index contributed by atoms with van der Waals surface area (Å²) in [6.07, 6.45) is 1.48. The molecule has 0 aliphatic carbocycles. The monoisotopic (exact) mass is 182 g/mol. The van der Waals surface area contributed by atoms with Gasteiger partial charge in [-0.15, -0.1) is 0 Å². The molecule has 0 amide bonds. The van der Waals surface area contributed by atoms with Gasteiger partial charge in [0.15, 0.2) is 0 Å². The molecule has 13 heavy (non-hydrogen) atoms. The molecule has 72 valence electrons. The molecule has 0 unspecified atom stereocenters. The molecule has 0 saturated heterocycles. The SMILES string of the molecule is CC[C@@H](N)[C@H](O)c1ccc(=O)[nH]c1. The number of aliphatic hydroxyl groups excluding tert-OH is 1. The highest BCUT2D eigenvalue weighted by Gasteiger charge is 2.14. The van der Waals surface area contributed by atoms with Gasteiger partial charge in [-0.3, -0.25) is 4.79 Å². The van der Waals surface area contributed by atoms with Crippen molar-refractivity contribution in [2.75, 3.05) is 0 Å². The fraction of sp³-hybridized carbons (Fsp3) is 0.444. The Morgan fingerprint density at radius 3 is 2.77 bits per heavy atom. The van der Waals surface area contributed by atoms with Gasteiger partial charge in [-0.25, -0.2) is 0 Å². The highest BCUT2D eigenvalue weighted by atomic mass is 16.3. The van der Waals surface area contributed by atoms with E-state index < -0.39 is 6.10 Å². The smallest absolute Gasteiger partial charge is 0.247 e. The van der Waals surface area contributed by atoms with Gasteiger partial charge in [-0.1, -0.05) is 6.92 Å². The number of rotatable bonds is 3. The van der Waals surface area contributed by atoms with Crippen LogP contribution in [0.1, 0.15) is 25.0 Å². The molecule has 1 aromatic heterocycles. The average molecular weight is 182 g/mol. The molecule has 0 aromatic carbocycles. The predicted molar refractivity (Wildman–Crippen MR) is 50.3 cm³/mol. The molecule has 0 bridgehead atoms. The summed E-state index contributed by atoms with van der Waals surface area (Å²) >= 11 is 0. The summed E-state index contributed by atoms with van der Waals surface area (Å²) < 4.78 is 0. The van der Waals surface area contributed by atoms with Crippen LogP contribution >= 0.6 is 0 Å². The van der Waals surface area contributed by atoms with E-state index in [9.17, 15) is 9.90 Å². The van der Waals surface area contributed by atoms with Crippen LogP contribution in [0.4, 0.5) is 0 Å². The molecule has 2 atom stereocenters. The van der Waals surface area contributed by atoms with E-state index in [1.54, 1.807) is 6.07 Å². The van der Waals surface area contributed by atoms with Crippen molar-refractivity contribution >= 4 is 0 Å². The molecule has 1 rings (SSSR count). The number of hydrogen-bond acceptors (Lipinski definition) is 3. The van der Waals surface area contributed by atoms with Crippen LogP contribution in [-0.4, -0.2) is 16.1 Å². The normalized spacial score (nSPS) is 15.3. The fourth-order valence-electron chi connectivity index (χ4n) is 1.08. The Kier molecular flexibility index (Phi) is 3.22. The quantitative estimate of drug-likeness (QED) is 0.622. The van der Waals surface area contributed by atoms with E-state index in [-0.39, 0.29) is 11.6 Å². The van der Waals surface area contributed by atoms with Gasteiger partial charge in [-0.2, -0.15) is 0 Å². The zero-order valence-electron chi connectivity index (χ0n) is 7.53. The molecule has 4 N–H and O–H groups in total. The van der Waals surface area contributed by atoms with Gasteiger partial charge in [0.25, 0.3) is 0 Å². The standard InChI is InChI=1S/C9H14N2O2/c1-2-7(10)9(13)6-3-4-8(12)11-5-6/h3-5,7,9,13H,2,10H2,1H3,(H,11,12)/t7-,9-/m1/s1. The molecule has 1 aromatic rings. The van der Waals surface area contributed by atoms with Crippen molar-refractivity contribution < 1.29 is 5.11 Å². The minimum absolute atomic E-state index is 0.180. The largest absolute Gasteiger partial charge is 0.387 e. The molecule has 0 radical (unpaired) electrons. The lowest BCUT2D eigenvalue weighted by atomic mass is 10.0. The first-order valence-electron chi connectivity index (χ1n) is 4.27. The average Bonchev–Trinajstić information content (AvgIpc) is 2.17. The Balaban J connectivity index is 2.83. The lowest BCUT2D eigenvalue weighted by molar-refractivity contribution is 0.144. The first-order chi connectivity index (χ1) is 6.15. The summed E-state index contributed by atoms with van der Waals surface area (Å²) in [6, 6.07) is 2.67. The third-order valence-corrected chi connectivity index (χ3v) is 2.03. The molecule has 1 heterocycles. The van der Waals surface area contributed by atoms with Crippen molar-refractivity contribution in [2.24, 2.45) is 5.73 Å². The number of nitrogens with two attached hydrogens (primary N) is 1. The van der Waals surface area contributed by atoms with Crippen molar-refractivity contribution in [1.82, 2.24) is 4.98 Å². The van der Waals surface area contributed by atoms with Gasteiger partial charge in [0.2, 0.25) is 5.56 Å². The molecule has 0 aliphatic rings. The van der Waals surface area contributed by atoms with Crippen LogP contribution in [-0.2, 0) is 0 Å². The fourth-order valence-corrected chi connectivity index (χ4v) is 1.08. The molecular formula is C9H14N2O2. The zero-order chi connectivity index (χ0) is 9.84. The van der Waals surface area contributed by atoms with E-state index in [1.807, 2.05) is 6.92 Å². The second-order valence-corrected chi connectivity index (χ2v) is 3.00. The number of nitrogens with one attached hydrogen (secondary N) is 1. The van der Waals surface area contributed by atoms with E-state index in [0.29, 0.717) is 12.0 Å². The third kappa shape index (κ3) is 2.40. The maximum atomic E-state index is 10.7. The van der Waals surface area contributed by atoms with E-state index in [1.165, 1.54) is 12.3 Å². The van der Waals surface area contributed by atoms with Gasteiger partial charge >= 0.3 is 0 Å². The van der Waals surface area contributed by atoms with Crippen LogP contribution in [0.25, 0.3) is 0 Å². The summed E-state index contributed by atoms with van der Waals surface area (Å²) in [5.41, 5.74) is 6.11. The van der Waals surface area contributed by atoms with Crippen LogP contribution in [0, 0.1) is 0 Å². The maximum Gasteiger partial charge on any atom is 0.247 e. The Bertz CT molecular complexity index is 301. The van der Waals surface area contributed by atoms with Crippen LogP contribution in [0.5, 0.6) is 0 Å². The topological polar surface area (TPSA) is 79.1 Å². The molecule has 4 nitrogen and oxygen atoms in total. The first-order valence-corrected chi connectivity index (χ1v) is 4.27. The van der Waals surface area contributed by atoms with Crippen LogP contribution < -0.4 is 11.3 Å². The van der Waals surface area contributed by atoms with Gasteiger partial charge in [-0.05, 0) is 18.1 Å². The summed E-state index contributed by atoms with van der Waals surface area (Å²) in [5.74, 6) is 0. The molecular weight excluding hydrogens is 168 g/mol. The number of hydrogen-bond donors (Lipinski definition) is 3. The molecule has 0 fully saturated rings. The van der Waals surface area contributed by atoms with E-state index in [0.717, 1.165) is 0 Å². The van der Waals surface area contributed by atoms with Gasteiger partial charge in [0.1, 0.15) is 0 Å². The van der Waals surface area contributed by atoms with Crippen LogP contribution in [0.15, 0.2) is 23.1 Å². The van der Waals surface area contributed by atoms with Gasteiger partial charge in [0.05, 0.1) is 6.10 Å². The molecule has 0 aliphatic heterocycles. The highest BCUT2D eigenvalue weighted by molar-refractivity contribution is 5.13. The molecule has 0 spiro atoms. The predicted octanol–water partition coefficient (Wildman–Crippen LogP) is 0.146. The second-order valence-electron chi connectivity index (χ2n) is 3.00. The second kappa shape index (κ2) is 4.20. The Hall–Kier alpha value is -1.13. The van der Waals surface area contributed by atoms with E-state index in [4.69, 9.17) is 5.73 Å². The Labute approximate surface area is 76.4 Å². The minimum Gasteiger partial charge on any atom is -0.387 e. The minimum atomic E-state index is -0.707. The summed E-state index contributed by atoms with van der Waals surface area (Å²) in [7, 11) is 0. The lowest BCUT2D eigenvalue weighted by Crippen LogP contribution is -2.27. The lowest BCUT2D eigenvalue weighted by Gasteiger charge is -2.16. The number of aromatic nitrogens is 1. The summed E-state index contributed by atoms with van der Waals surface area (Å²) in [5, 5.41) is 9.63. The van der Waals surface area contributed by atoms with Crippen molar-refractivity contribution in [3.63, 3.8) is 0 Å². The summed E-state index contributed by atoms with van der Waals surface area (Å²) in [4.78, 5) is 13.2. The van der Waals surface area contributed by atoms with Crippen LogP contribution in [0.2, 0.25) is 0 Å². The van der Waals surface area contributed by atoms with Crippen molar-refractivity contribution in [3.05, 3.63) is 34.2 Å². The first kappa shape index (κ1) is 9.95. The van der Waals surface area contributed by atoms with Crippen LogP contribution in [0.3, 0.4) is 0 Å². The summed E-state index contributed by atoms with van der Waals surface area (Å²) in [6.45, 7) is 1.90. The highest BCUT2D eigenvalue weighted by Crippen LogP contribution is 2.14. The number of pyridine rings is 1. The van der Waals surface area contributed by atoms with Crippen molar-refractivity contribution in [2.45, 2.75) is 25.5 Å². The van der Waals surface area contributed by atoms with Gasteiger partial charge < -0.3 is 15.8 Å². The van der Waals surface area contributed by atoms with Crippen molar-refractivity contribution in [3.8, 4) is 0 Å². The van der Waals surface area contributed by atoms with E-state index >= 15 is 0 Å². The Morgan fingerprint density at radius 1 is 1.62 bits per heavy atom. The van der Waals surface area contributed by atoms with Crippen molar-refractivity contribution in [1.29, 1.82) is 0 Å². The number of aliphatic hydroxyl groups is 1. The number of H-pyrrole nitrogens is 1.